The molecule has 1 heterocycles. The molecule has 26 heavy (non-hydrogen) atoms. The summed E-state index contributed by atoms with van der Waals surface area (Å²) in [5.74, 6) is 0.535. The Hall–Kier alpha value is -1.62. The van der Waals surface area contributed by atoms with Crippen molar-refractivity contribution in [3.63, 3.8) is 0 Å². The highest BCUT2D eigenvalue weighted by molar-refractivity contribution is 5.85. The molecular weight excluding hydrogens is 353 g/mol. The third-order valence-corrected chi connectivity index (χ3v) is 4.92. The summed E-state index contributed by atoms with van der Waals surface area (Å²) < 4.78 is 19.6. The average molecular weight is 380 g/mol. The van der Waals surface area contributed by atoms with Crippen LogP contribution < -0.4 is 4.74 Å². The van der Waals surface area contributed by atoms with Crippen molar-refractivity contribution in [2.75, 3.05) is 20.2 Å². The first-order valence-electron chi connectivity index (χ1n) is 8.95. The fraction of sp³-hybridized carbons (Fsp3) is 0.429. The molecule has 1 saturated heterocycles. The number of aryl methyl sites for hydroxylation is 2. The van der Waals surface area contributed by atoms with Gasteiger partial charge in [-0.3, -0.25) is 0 Å². The lowest BCUT2D eigenvalue weighted by molar-refractivity contribution is 0.182. The Morgan fingerprint density at radius 3 is 2.62 bits per heavy atom. The van der Waals surface area contributed by atoms with Gasteiger partial charge in [-0.25, -0.2) is 4.39 Å². The largest absolute Gasteiger partial charge is 0.493 e. The Bertz CT molecular complexity index is 683. The minimum absolute atomic E-state index is 0. The summed E-state index contributed by atoms with van der Waals surface area (Å²) in [6.45, 7) is 1.30. The van der Waals surface area contributed by atoms with Gasteiger partial charge >= 0.3 is 0 Å². The number of hydrogen-bond donors (Lipinski definition) is 1. The second-order valence-electron chi connectivity index (χ2n) is 6.86. The van der Waals surface area contributed by atoms with E-state index in [1.165, 1.54) is 11.6 Å². The van der Waals surface area contributed by atoms with Gasteiger partial charge in [0.2, 0.25) is 0 Å². The normalized spacial score (nSPS) is 20.0. The molecule has 2 atom stereocenters. The van der Waals surface area contributed by atoms with Crippen LogP contribution in [0.4, 0.5) is 4.39 Å². The fourth-order valence-electron chi connectivity index (χ4n) is 3.50. The Balaban J connectivity index is 0.00000243. The van der Waals surface area contributed by atoms with E-state index in [-0.39, 0.29) is 24.3 Å². The smallest absolute Gasteiger partial charge is 0.123 e. The van der Waals surface area contributed by atoms with Crippen molar-refractivity contribution in [1.29, 1.82) is 0 Å². The SMILES string of the molecule is CN1C[C@H](O)C[C@H]1CCOc1ccc(F)cc1CCc1ccccc1.Cl. The second kappa shape index (κ2) is 9.91. The van der Waals surface area contributed by atoms with Crippen molar-refractivity contribution >= 4 is 12.4 Å². The molecule has 0 amide bonds. The molecule has 0 spiro atoms. The molecule has 0 bridgehead atoms. The minimum Gasteiger partial charge on any atom is -0.493 e. The van der Waals surface area contributed by atoms with Crippen LogP contribution in [0.15, 0.2) is 48.5 Å². The number of likely N-dealkylation sites (tertiary alicyclic amines) is 1. The summed E-state index contributed by atoms with van der Waals surface area (Å²) in [7, 11) is 2.03. The van der Waals surface area contributed by atoms with Crippen LogP contribution >= 0.6 is 12.4 Å². The van der Waals surface area contributed by atoms with Crippen LogP contribution in [0.5, 0.6) is 5.75 Å². The highest BCUT2D eigenvalue weighted by Gasteiger charge is 2.27. The Morgan fingerprint density at radius 2 is 1.92 bits per heavy atom. The number of likely N-dealkylation sites (N-methyl/N-ethyl adjacent to an activating group) is 1. The molecule has 142 valence electrons. The van der Waals surface area contributed by atoms with Gasteiger partial charge in [0.05, 0.1) is 12.7 Å². The van der Waals surface area contributed by atoms with Gasteiger partial charge in [0.15, 0.2) is 0 Å². The number of rotatable bonds is 7. The summed E-state index contributed by atoms with van der Waals surface area (Å²) in [6.07, 6.45) is 3.03. The van der Waals surface area contributed by atoms with Gasteiger partial charge < -0.3 is 14.7 Å². The zero-order chi connectivity index (χ0) is 17.6. The number of ether oxygens (including phenoxy) is 1. The van der Waals surface area contributed by atoms with Crippen LogP contribution in [0.25, 0.3) is 0 Å². The average Bonchev–Trinajstić information content (AvgIpc) is 2.93. The number of aliphatic hydroxyl groups excluding tert-OH is 1. The molecule has 0 aliphatic carbocycles. The first-order valence-corrected chi connectivity index (χ1v) is 8.95. The molecule has 3 nitrogen and oxygen atoms in total. The molecule has 0 unspecified atom stereocenters. The Morgan fingerprint density at radius 1 is 1.15 bits per heavy atom. The van der Waals surface area contributed by atoms with E-state index in [1.807, 2.05) is 25.2 Å². The summed E-state index contributed by atoms with van der Waals surface area (Å²) >= 11 is 0. The third-order valence-electron chi connectivity index (χ3n) is 4.92. The van der Waals surface area contributed by atoms with Crippen molar-refractivity contribution in [1.82, 2.24) is 4.90 Å². The topological polar surface area (TPSA) is 32.7 Å². The number of hydrogen-bond acceptors (Lipinski definition) is 3. The lowest BCUT2D eigenvalue weighted by Crippen LogP contribution is -2.26. The molecule has 2 aromatic rings. The van der Waals surface area contributed by atoms with E-state index in [0.29, 0.717) is 12.6 Å². The number of β-amino-alcohol motifs (C(OH)–C–C–N with tert-alkyl or cyclic N) is 1. The lowest BCUT2D eigenvalue weighted by Gasteiger charge is -2.19. The maximum absolute atomic E-state index is 13.6. The van der Waals surface area contributed by atoms with Crippen LogP contribution in [-0.4, -0.2) is 42.4 Å². The Kier molecular flexibility index (Phi) is 7.88. The maximum Gasteiger partial charge on any atom is 0.123 e. The number of benzene rings is 2. The fourth-order valence-corrected chi connectivity index (χ4v) is 3.50. The first-order chi connectivity index (χ1) is 12.1. The number of halogens is 2. The van der Waals surface area contributed by atoms with E-state index in [2.05, 4.69) is 17.0 Å². The molecule has 1 N–H and O–H groups in total. The van der Waals surface area contributed by atoms with Gasteiger partial charge in [0.25, 0.3) is 0 Å². The van der Waals surface area contributed by atoms with E-state index in [1.54, 1.807) is 12.1 Å². The van der Waals surface area contributed by atoms with Gasteiger partial charge in [0, 0.05) is 12.6 Å². The molecule has 0 radical (unpaired) electrons. The van der Waals surface area contributed by atoms with Crippen molar-refractivity contribution < 1.29 is 14.2 Å². The molecule has 0 saturated carbocycles. The molecule has 3 rings (SSSR count). The summed E-state index contributed by atoms with van der Waals surface area (Å²) in [5.41, 5.74) is 2.14. The number of aliphatic hydroxyl groups is 1. The van der Waals surface area contributed by atoms with Gasteiger partial charge in [-0.1, -0.05) is 30.3 Å². The lowest BCUT2D eigenvalue weighted by atomic mass is 10.0. The van der Waals surface area contributed by atoms with Crippen LogP contribution in [-0.2, 0) is 12.8 Å². The summed E-state index contributed by atoms with van der Waals surface area (Å²) in [4.78, 5) is 2.18. The van der Waals surface area contributed by atoms with Crippen molar-refractivity contribution in [2.45, 2.75) is 37.8 Å². The van der Waals surface area contributed by atoms with Crippen LogP contribution in [0.1, 0.15) is 24.0 Å². The Labute approximate surface area is 161 Å². The molecular formula is C21H27ClFNO2. The second-order valence-corrected chi connectivity index (χ2v) is 6.86. The standard InChI is InChI=1S/C21H26FNO2.ClH/c1-23-15-20(24)14-19(23)11-12-25-21-10-9-18(22)13-17(21)8-7-16-5-3-2-4-6-16;/h2-6,9-10,13,19-20,24H,7-8,11-12,14-15H2,1H3;1H/t19-,20-;/m1./s1. The van der Waals surface area contributed by atoms with E-state index in [9.17, 15) is 9.50 Å². The monoisotopic (exact) mass is 379 g/mol. The highest BCUT2D eigenvalue weighted by Crippen LogP contribution is 2.24. The van der Waals surface area contributed by atoms with Crippen molar-refractivity contribution in [3.8, 4) is 5.75 Å². The molecule has 1 fully saturated rings. The summed E-state index contributed by atoms with van der Waals surface area (Å²) in [6, 6.07) is 15.3. The number of nitrogens with zero attached hydrogens (tertiary/aromatic N) is 1. The minimum atomic E-state index is -0.234. The van der Waals surface area contributed by atoms with Crippen LogP contribution in [0.2, 0.25) is 0 Å². The molecule has 0 aromatic heterocycles. The molecule has 1 aliphatic heterocycles. The predicted octanol–water partition coefficient (Wildman–Crippen LogP) is 3.87. The zero-order valence-corrected chi connectivity index (χ0v) is 15.9. The molecule has 5 heteroatoms. The zero-order valence-electron chi connectivity index (χ0n) is 15.1. The first kappa shape index (κ1) is 20.7. The predicted molar refractivity (Wildman–Crippen MR) is 105 cm³/mol. The van der Waals surface area contributed by atoms with Crippen molar-refractivity contribution in [3.05, 3.63) is 65.5 Å². The van der Waals surface area contributed by atoms with Gasteiger partial charge in [-0.05, 0) is 62.1 Å². The van der Waals surface area contributed by atoms with Gasteiger partial charge in [-0.15, -0.1) is 12.4 Å². The van der Waals surface area contributed by atoms with Crippen molar-refractivity contribution in [2.24, 2.45) is 0 Å². The quantitative estimate of drug-likeness (QED) is 0.792. The van der Waals surface area contributed by atoms with E-state index in [0.717, 1.165) is 43.5 Å². The highest BCUT2D eigenvalue weighted by atomic mass is 35.5. The van der Waals surface area contributed by atoms with E-state index >= 15 is 0 Å². The van der Waals surface area contributed by atoms with Gasteiger partial charge in [0.1, 0.15) is 11.6 Å². The maximum atomic E-state index is 13.6. The van der Waals surface area contributed by atoms with E-state index < -0.39 is 0 Å². The van der Waals surface area contributed by atoms with E-state index in [4.69, 9.17) is 4.74 Å². The summed E-state index contributed by atoms with van der Waals surface area (Å²) in [5, 5.41) is 9.72. The van der Waals surface area contributed by atoms with Gasteiger partial charge in [-0.2, -0.15) is 0 Å². The third kappa shape index (κ3) is 5.70. The molecule has 1 aliphatic rings. The molecule has 2 aromatic carbocycles. The van der Waals surface area contributed by atoms with Crippen LogP contribution in [0.3, 0.4) is 0 Å². The van der Waals surface area contributed by atoms with Crippen LogP contribution in [0, 0.1) is 5.82 Å².